The first-order valence-electron chi connectivity index (χ1n) is 11.8. The Balaban J connectivity index is 1.62. The van der Waals surface area contributed by atoms with E-state index in [0.717, 1.165) is 36.6 Å². The molecule has 1 saturated carbocycles. The number of anilines is 1. The summed E-state index contributed by atoms with van der Waals surface area (Å²) in [5, 5.41) is 10.6. The molecule has 3 aromatic rings. The van der Waals surface area contributed by atoms with Gasteiger partial charge in [-0.25, -0.2) is 4.39 Å². The lowest BCUT2D eigenvalue weighted by molar-refractivity contribution is -0.137. The molecular weight excluding hydrogens is 458 g/mol. The minimum Gasteiger partial charge on any atom is -0.457 e. The number of rotatable bonds is 9. The Morgan fingerprint density at radius 3 is 2.31 bits per heavy atom. The molecule has 0 aromatic heterocycles. The summed E-state index contributed by atoms with van der Waals surface area (Å²) in [4.78, 5) is 1.71. The van der Waals surface area contributed by atoms with Crippen LogP contribution < -0.4 is 9.64 Å². The summed E-state index contributed by atoms with van der Waals surface area (Å²) in [7, 11) is 0. The van der Waals surface area contributed by atoms with Gasteiger partial charge in [-0.05, 0) is 72.7 Å². The van der Waals surface area contributed by atoms with E-state index in [1.807, 2.05) is 24.3 Å². The molecule has 3 aromatic carbocycles. The maximum Gasteiger partial charge on any atom is 0.416 e. The number of hydrogen-bond donors (Lipinski definition) is 1. The van der Waals surface area contributed by atoms with Crippen molar-refractivity contribution in [2.75, 3.05) is 11.4 Å². The highest BCUT2D eigenvalue weighted by Gasteiger charge is 2.33. The van der Waals surface area contributed by atoms with Gasteiger partial charge < -0.3 is 14.7 Å². The first-order valence-corrected chi connectivity index (χ1v) is 11.8. The Morgan fingerprint density at radius 2 is 1.66 bits per heavy atom. The molecule has 0 spiro atoms. The molecule has 0 amide bonds. The van der Waals surface area contributed by atoms with Crippen molar-refractivity contribution >= 4 is 5.69 Å². The number of aliphatic hydroxyl groups is 1. The van der Waals surface area contributed by atoms with E-state index >= 15 is 0 Å². The molecule has 0 heterocycles. The molecule has 1 atom stereocenters. The molecule has 1 unspecified atom stereocenters. The standard InChI is InChI=1S/C28H29F4NO2/c1-18(2)20-5-3-7-24(14-20)35-25-8-4-6-23(15-25)33(17-27(34)19-9-10-19)16-21-13-22(28(30,31)32)11-12-26(21)29/h3-8,11-15,18-19,27,34H,9-10,16-17H2,1-2H3. The predicted octanol–water partition coefficient (Wildman–Crippen LogP) is 7.54. The van der Waals surface area contributed by atoms with Crippen LogP contribution in [0, 0.1) is 11.7 Å². The van der Waals surface area contributed by atoms with Crippen LogP contribution in [0.15, 0.2) is 66.7 Å². The monoisotopic (exact) mass is 487 g/mol. The van der Waals surface area contributed by atoms with Crippen LogP contribution in [0.25, 0.3) is 0 Å². The molecule has 0 saturated heterocycles. The first-order chi connectivity index (χ1) is 16.6. The fraction of sp³-hybridized carbons (Fsp3) is 0.357. The van der Waals surface area contributed by atoms with E-state index in [1.165, 1.54) is 0 Å². The number of aliphatic hydroxyl groups excluding tert-OH is 1. The number of hydrogen-bond acceptors (Lipinski definition) is 3. The average molecular weight is 488 g/mol. The lowest BCUT2D eigenvalue weighted by atomic mass is 10.0. The Labute approximate surface area is 203 Å². The van der Waals surface area contributed by atoms with Crippen LogP contribution in [-0.4, -0.2) is 17.8 Å². The van der Waals surface area contributed by atoms with Crippen molar-refractivity contribution in [2.45, 2.75) is 51.4 Å². The Hall–Kier alpha value is -3.06. The van der Waals surface area contributed by atoms with E-state index in [2.05, 4.69) is 13.8 Å². The fourth-order valence-electron chi connectivity index (χ4n) is 4.01. The Morgan fingerprint density at radius 1 is 0.971 bits per heavy atom. The van der Waals surface area contributed by atoms with Crippen molar-refractivity contribution < 1.29 is 27.4 Å². The lowest BCUT2D eigenvalue weighted by Gasteiger charge is -2.28. The van der Waals surface area contributed by atoms with Gasteiger partial charge in [-0.15, -0.1) is 0 Å². The second-order valence-electron chi connectivity index (χ2n) is 9.42. The molecule has 1 fully saturated rings. The van der Waals surface area contributed by atoms with Gasteiger partial charge in [-0.2, -0.15) is 13.2 Å². The van der Waals surface area contributed by atoms with Gasteiger partial charge in [0.1, 0.15) is 17.3 Å². The SMILES string of the molecule is CC(C)c1cccc(Oc2cccc(N(Cc3cc(C(F)(F)F)ccc3F)CC(O)C3CC3)c2)c1. The maximum absolute atomic E-state index is 14.5. The summed E-state index contributed by atoms with van der Waals surface area (Å²) >= 11 is 0. The normalized spacial score (nSPS) is 14.7. The average Bonchev–Trinajstić information content (AvgIpc) is 3.65. The van der Waals surface area contributed by atoms with Crippen molar-refractivity contribution in [1.29, 1.82) is 0 Å². The number of alkyl halides is 3. The van der Waals surface area contributed by atoms with Crippen LogP contribution in [0.3, 0.4) is 0 Å². The molecule has 4 rings (SSSR count). The number of nitrogens with zero attached hydrogens (tertiary/aromatic N) is 1. The number of benzene rings is 3. The van der Waals surface area contributed by atoms with Gasteiger partial charge in [-0.1, -0.05) is 32.0 Å². The van der Waals surface area contributed by atoms with Gasteiger partial charge >= 0.3 is 6.18 Å². The summed E-state index contributed by atoms with van der Waals surface area (Å²) in [5.41, 5.74) is 0.768. The molecule has 35 heavy (non-hydrogen) atoms. The van der Waals surface area contributed by atoms with Gasteiger partial charge in [0, 0.05) is 30.4 Å². The second-order valence-corrected chi connectivity index (χ2v) is 9.42. The van der Waals surface area contributed by atoms with Crippen LogP contribution in [0.4, 0.5) is 23.2 Å². The second kappa shape index (κ2) is 10.3. The Kier molecular flexibility index (Phi) is 7.36. The van der Waals surface area contributed by atoms with Gasteiger partial charge in [-0.3, -0.25) is 0 Å². The van der Waals surface area contributed by atoms with Crippen molar-refractivity contribution in [2.24, 2.45) is 5.92 Å². The van der Waals surface area contributed by atoms with Gasteiger partial charge in [0.05, 0.1) is 11.7 Å². The van der Waals surface area contributed by atoms with Crippen molar-refractivity contribution in [1.82, 2.24) is 0 Å². The molecule has 0 aliphatic heterocycles. The molecule has 186 valence electrons. The Bertz CT molecular complexity index is 1160. The third-order valence-electron chi connectivity index (χ3n) is 6.25. The lowest BCUT2D eigenvalue weighted by Crippen LogP contribution is -2.33. The zero-order valence-corrected chi connectivity index (χ0v) is 19.7. The quantitative estimate of drug-likeness (QED) is 0.317. The number of ether oxygens (including phenoxy) is 1. The molecule has 1 aliphatic carbocycles. The van der Waals surface area contributed by atoms with E-state index < -0.39 is 23.7 Å². The first kappa shape index (κ1) is 25.0. The predicted molar refractivity (Wildman–Crippen MR) is 128 cm³/mol. The van der Waals surface area contributed by atoms with Crippen LogP contribution >= 0.6 is 0 Å². The van der Waals surface area contributed by atoms with E-state index in [-0.39, 0.29) is 24.6 Å². The highest BCUT2D eigenvalue weighted by atomic mass is 19.4. The van der Waals surface area contributed by atoms with Gasteiger partial charge in [0.2, 0.25) is 0 Å². The van der Waals surface area contributed by atoms with Gasteiger partial charge in [0.15, 0.2) is 0 Å². The van der Waals surface area contributed by atoms with Crippen LogP contribution in [-0.2, 0) is 12.7 Å². The highest BCUT2D eigenvalue weighted by molar-refractivity contribution is 5.52. The molecular formula is C28H29F4NO2. The van der Waals surface area contributed by atoms with E-state index in [0.29, 0.717) is 23.1 Å². The molecule has 0 bridgehead atoms. The summed E-state index contributed by atoms with van der Waals surface area (Å²) in [6, 6.07) is 17.3. The summed E-state index contributed by atoms with van der Waals surface area (Å²) in [6.07, 6.45) is -3.42. The van der Waals surface area contributed by atoms with E-state index in [1.54, 1.807) is 29.2 Å². The van der Waals surface area contributed by atoms with Crippen molar-refractivity contribution in [3.63, 3.8) is 0 Å². The zero-order valence-electron chi connectivity index (χ0n) is 19.7. The highest BCUT2D eigenvalue weighted by Crippen LogP contribution is 2.36. The maximum atomic E-state index is 14.5. The smallest absolute Gasteiger partial charge is 0.416 e. The van der Waals surface area contributed by atoms with E-state index in [4.69, 9.17) is 4.74 Å². The molecule has 1 aliphatic rings. The number of halogens is 4. The minimum absolute atomic E-state index is 0.0845. The van der Waals surface area contributed by atoms with Crippen molar-refractivity contribution in [3.8, 4) is 11.5 Å². The molecule has 1 N–H and O–H groups in total. The molecule has 7 heteroatoms. The summed E-state index contributed by atoms with van der Waals surface area (Å²) in [6.45, 7) is 4.24. The minimum atomic E-state index is -4.57. The summed E-state index contributed by atoms with van der Waals surface area (Å²) in [5.74, 6) is 0.983. The fourth-order valence-corrected chi connectivity index (χ4v) is 4.01. The molecule has 0 radical (unpaired) electrons. The molecule has 3 nitrogen and oxygen atoms in total. The largest absolute Gasteiger partial charge is 0.457 e. The van der Waals surface area contributed by atoms with Crippen LogP contribution in [0.1, 0.15) is 49.3 Å². The van der Waals surface area contributed by atoms with Gasteiger partial charge in [0.25, 0.3) is 0 Å². The van der Waals surface area contributed by atoms with Crippen LogP contribution in [0.2, 0.25) is 0 Å². The summed E-state index contributed by atoms with van der Waals surface area (Å²) < 4.78 is 60.3. The zero-order chi connectivity index (χ0) is 25.2. The van der Waals surface area contributed by atoms with E-state index in [9.17, 15) is 22.7 Å². The third-order valence-corrected chi connectivity index (χ3v) is 6.25. The topological polar surface area (TPSA) is 32.7 Å². The third kappa shape index (κ3) is 6.54. The van der Waals surface area contributed by atoms with Crippen molar-refractivity contribution in [3.05, 3.63) is 89.2 Å². The van der Waals surface area contributed by atoms with Crippen LogP contribution in [0.5, 0.6) is 11.5 Å².